The second kappa shape index (κ2) is 6.25. The molecule has 144 valence electrons. The van der Waals surface area contributed by atoms with Gasteiger partial charge in [0.1, 0.15) is 5.82 Å². The van der Waals surface area contributed by atoms with Crippen molar-refractivity contribution in [2.24, 2.45) is 0 Å². The first-order valence-electron chi connectivity index (χ1n) is 8.08. The first kappa shape index (κ1) is 17.8. The van der Waals surface area contributed by atoms with E-state index < -0.39 is 49.0 Å². The SMILES string of the molecule is O=C1c2cc(-c3nnc(C(F)F)o3)cc(F)c2CN1C[C@H]1CC(F)(F)CN1. The summed E-state index contributed by atoms with van der Waals surface area (Å²) in [5, 5.41) is 9.25. The highest BCUT2D eigenvalue weighted by Gasteiger charge is 2.41. The van der Waals surface area contributed by atoms with E-state index in [-0.39, 0.29) is 35.7 Å². The van der Waals surface area contributed by atoms with Crippen molar-refractivity contribution < 1.29 is 31.2 Å². The lowest BCUT2D eigenvalue weighted by atomic mass is 10.1. The summed E-state index contributed by atoms with van der Waals surface area (Å²) in [6.45, 7) is -0.515. The molecule has 1 fully saturated rings. The molecule has 1 aromatic carbocycles. The second-order valence-electron chi connectivity index (χ2n) is 6.55. The summed E-state index contributed by atoms with van der Waals surface area (Å²) in [7, 11) is 0. The van der Waals surface area contributed by atoms with Crippen LogP contribution in [0, 0.1) is 5.82 Å². The number of nitrogens with one attached hydrogen (secondary N) is 1. The molecule has 6 nitrogen and oxygen atoms in total. The van der Waals surface area contributed by atoms with E-state index in [1.807, 2.05) is 0 Å². The number of carbonyl (C=O) groups is 1. The molecule has 3 heterocycles. The van der Waals surface area contributed by atoms with E-state index in [0.717, 1.165) is 6.07 Å². The summed E-state index contributed by atoms with van der Waals surface area (Å²) in [4.78, 5) is 13.8. The van der Waals surface area contributed by atoms with Gasteiger partial charge in [0.15, 0.2) is 0 Å². The minimum absolute atomic E-state index is 0.00790. The van der Waals surface area contributed by atoms with Crippen LogP contribution in [0.5, 0.6) is 0 Å². The summed E-state index contributed by atoms with van der Waals surface area (Å²) in [5.74, 6) is -5.35. The quantitative estimate of drug-likeness (QED) is 0.816. The molecule has 2 aliphatic rings. The van der Waals surface area contributed by atoms with Crippen LogP contribution in [0.4, 0.5) is 22.0 Å². The predicted octanol–water partition coefficient (Wildman–Crippen LogP) is 2.77. The Bertz CT molecular complexity index is 901. The first-order chi connectivity index (χ1) is 12.7. The van der Waals surface area contributed by atoms with Crippen LogP contribution in [0.25, 0.3) is 11.5 Å². The number of halogens is 5. The van der Waals surface area contributed by atoms with Crippen molar-refractivity contribution in [2.75, 3.05) is 13.1 Å². The first-order valence-corrected chi connectivity index (χ1v) is 8.08. The Labute approximate surface area is 149 Å². The Morgan fingerprint density at radius 1 is 1.33 bits per heavy atom. The van der Waals surface area contributed by atoms with E-state index in [0.29, 0.717) is 0 Å². The Balaban J connectivity index is 1.57. The summed E-state index contributed by atoms with van der Waals surface area (Å²) in [5.41, 5.74) is 0.125. The molecule has 0 spiro atoms. The molecule has 1 N–H and O–H groups in total. The summed E-state index contributed by atoms with van der Waals surface area (Å²) >= 11 is 0. The van der Waals surface area contributed by atoms with Gasteiger partial charge in [0.25, 0.3) is 17.7 Å². The molecule has 2 aromatic rings. The van der Waals surface area contributed by atoms with Gasteiger partial charge in [-0.15, -0.1) is 10.2 Å². The number of rotatable bonds is 4. The molecule has 4 rings (SSSR count). The van der Waals surface area contributed by atoms with Crippen LogP contribution < -0.4 is 5.32 Å². The Morgan fingerprint density at radius 2 is 2.11 bits per heavy atom. The predicted molar refractivity (Wildman–Crippen MR) is 80.7 cm³/mol. The van der Waals surface area contributed by atoms with Gasteiger partial charge in [-0.25, -0.2) is 13.2 Å². The fraction of sp³-hybridized carbons (Fsp3) is 0.438. The van der Waals surface area contributed by atoms with Crippen LogP contribution in [0.3, 0.4) is 0 Å². The maximum absolute atomic E-state index is 14.4. The number of hydrogen-bond donors (Lipinski definition) is 1. The minimum Gasteiger partial charge on any atom is -0.415 e. The molecule has 0 radical (unpaired) electrons. The fourth-order valence-electron chi connectivity index (χ4n) is 3.33. The molecule has 2 aliphatic heterocycles. The van der Waals surface area contributed by atoms with Crippen LogP contribution in [-0.4, -0.2) is 46.1 Å². The summed E-state index contributed by atoms with van der Waals surface area (Å²) in [6, 6.07) is 1.70. The van der Waals surface area contributed by atoms with E-state index in [1.165, 1.54) is 11.0 Å². The molecule has 0 unspecified atom stereocenters. The zero-order valence-electron chi connectivity index (χ0n) is 13.7. The standard InChI is InChI=1S/C16H13F5N4O2/c17-11-2-7(13-23-24-14(27-13)12(18)19)1-9-10(11)5-25(15(9)26)4-8-3-16(20,21)6-22-8/h1-2,8,12,22H,3-6H2/t8-/m1/s1. The van der Waals surface area contributed by atoms with Crippen LogP contribution in [0.1, 0.15) is 34.7 Å². The fourth-order valence-corrected chi connectivity index (χ4v) is 3.33. The highest BCUT2D eigenvalue weighted by atomic mass is 19.3. The number of fused-ring (bicyclic) bond motifs is 1. The lowest BCUT2D eigenvalue weighted by Crippen LogP contribution is -2.37. The van der Waals surface area contributed by atoms with E-state index in [4.69, 9.17) is 4.42 Å². The monoisotopic (exact) mass is 388 g/mol. The van der Waals surface area contributed by atoms with Gasteiger partial charge in [-0.3, -0.25) is 4.79 Å². The third-order valence-electron chi connectivity index (χ3n) is 4.57. The summed E-state index contributed by atoms with van der Waals surface area (Å²) in [6.07, 6.45) is -3.38. The van der Waals surface area contributed by atoms with Gasteiger partial charge < -0.3 is 14.6 Å². The maximum atomic E-state index is 14.4. The van der Waals surface area contributed by atoms with E-state index >= 15 is 0 Å². The molecule has 0 aliphatic carbocycles. The van der Waals surface area contributed by atoms with Gasteiger partial charge in [-0.05, 0) is 12.1 Å². The van der Waals surface area contributed by atoms with Gasteiger partial charge in [-0.2, -0.15) is 8.78 Å². The van der Waals surface area contributed by atoms with Gasteiger partial charge in [0, 0.05) is 42.2 Å². The Morgan fingerprint density at radius 3 is 2.74 bits per heavy atom. The highest BCUT2D eigenvalue weighted by molar-refractivity contribution is 5.99. The lowest BCUT2D eigenvalue weighted by molar-refractivity contribution is 0.0198. The highest BCUT2D eigenvalue weighted by Crippen LogP contribution is 2.33. The minimum atomic E-state index is -2.97. The van der Waals surface area contributed by atoms with Crippen LogP contribution in [0.15, 0.2) is 16.5 Å². The molecule has 1 aromatic heterocycles. The van der Waals surface area contributed by atoms with Crippen LogP contribution >= 0.6 is 0 Å². The molecule has 27 heavy (non-hydrogen) atoms. The van der Waals surface area contributed by atoms with Crippen molar-refractivity contribution in [1.29, 1.82) is 0 Å². The van der Waals surface area contributed by atoms with Crippen molar-refractivity contribution in [2.45, 2.75) is 31.4 Å². The molecule has 0 bridgehead atoms. The third-order valence-corrected chi connectivity index (χ3v) is 4.57. The number of alkyl halides is 4. The molecule has 0 saturated carbocycles. The third kappa shape index (κ3) is 3.27. The average Bonchev–Trinajstić information content (AvgIpc) is 3.28. The number of nitrogens with zero attached hydrogens (tertiary/aromatic N) is 3. The topological polar surface area (TPSA) is 71.3 Å². The number of carbonyl (C=O) groups excluding carboxylic acids is 1. The van der Waals surface area contributed by atoms with E-state index in [9.17, 15) is 26.7 Å². The molecule has 1 atom stereocenters. The van der Waals surface area contributed by atoms with Crippen molar-refractivity contribution >= 4 is 5.91 Å². The lowest BCUT2D eigenvalue weighted by Gasteiger charge is -2.20. The average molecular weight is 388 g/mol. The summed E-state index contributed by atoms with van der Waals surface area (Å²) < 4.78 is 70.9. The Hall–Kier alpha value is -2.56. The van der Waals surface area contributed by atoms with Gasteiger partial charge >= 0.3 is 6.43 Å². The zero-order valence-corrected chi connectivity index (χ0v) is 13.7. The molecule has 1 saturated heterocycles. The molecular weight excluding hydrogens is 375 g/mol. The second-order valence-corrected chi connectivity index (χ2v) is 6.55. The van der Waals surface area contributed by atoms with E-state index in [2.05, 4.69) is 15.5 Å². The number of aromatic nitrogens is 2. The zero-order chi connectivity index (χ0) is 19.3. The number of amides is 1. The van der Waals surface area contributed by atoms with Gasteiger partial charge in [0.05, 0.1) is 6.54 Å². The normalized spacial score (nSPS) is 21.3. The van der Waals surface area contributed by atoms with E-state index in [1.54, 1.807) is 0 Å². The number of benzene rings is 1. The van der Waals surface area contributed by atoms with Crippen molar-refractivity contribution in [3.05, 3.63) is 35.0 Å². The molecule has 1 amide bonds. The smallest absolute Gasteiger partial charge is 0.314 e. The largest absolute Gasteiger partial charge is 0.415 e. The maximum Gasteiger partial charge on any atom is 0.314 e. The van der Waals surface area contributed by atoms with Gasteiger partial charge in [0.2, 0.25) is 5.89 Å². The van der Waals surface area contributed by atoms with Crippen molar-refractivity contribution in [3.8, 4) is 11.5 Å². The van der Waals surface area contributed by atoms with Crippen molar-refractivity contribution in [1.82, 2.24) is 20.4 Å². The van der Waals surface area contributed by atoms with Crippen LogP contribution in [-0.2, 0) is 6.54 Å². The number of hydrogen-bond acceptors (Lipinski definition) is 5. The van der Waals surface area contributed by atoms with Gasteiger partial charge in [-0.1, -0.05) is 0 Å². The molecule has 11 heteroatoms. The van der Waals surface area contributed by atoms with Crippen LogP contribution in [0.2, 0.25) is 0 Å². The Kier molecular flexibility index (Phi) is 4.13. The molecular formula is C16H13F5N4O2. The van der Waals surface area contributed by atoms with Crippen molar-refractivity contribution in [3.63, 3.8) is 0 Å².